The molecule has 1 unspecified atom stereocenters. The van der Waals surface area contributed by atoms with Crippen molar-refractivity contribution < 1.29 is 0 Å². The van der Waals surface area contributed by atoms with Crippen LogP contribution in [0.3, 0.4) is 0 Å². The molecule has 0 spiro atoms. The Hall–Kier alpha value is -1.41. The molecule has 0 amide bonds. The zero-order valence-corrected chi connectivity index (χ0v) is 12.1. The zero-order valence-electron chi connectivity index (χ0n) is 12.1. The van der Waals surface area contributed by atoms with Crippen molar-refractivity contribution in [3.63, 3.8) is 0 Å². The number of likely N-dealkylation sites (N-methyl/N-ethyl adjacent to an activating group) is 2. The van der Waals surface area contributed by atoms with Crippen molar-refractivity contribution in [2.45, 2.75) is 12.0 Å². The van der Waals surface area contributed by atoms with E-state index in [0.29, 0.717) is 6.42 Å². The first kappa shape index (κ1) is 15.6. The van der Waals surface area contributed by atoms with Gasteiger partial charge in [0.1, 0.15) is 5.54 Å². The van der Waals surface area contributed by atoms with E-state index in [9.17, 15) is 5.26 Å². The quantitative estimate of drug-likeness (QED) is 0.801. The Morgan fingerprint density at radius 1 is 1.11 bits per heavy atom. The molecule has 0 aliphatic heterocycles. The molecule has 0 saturated carbocycles. The van der Waals surface area contributed by atoms with Gasteiger partial charge in [-0.15, -0.1) is 0 Å². The fourth-order valence-corrected chi connectivity index (χ4v) is 1.85. The van der Waals surface area contributed by atoms with Crippen LogP contribution in [0, 0.1) is 11.3 Å². The van der Waals surface area contributed by atoms with E-state index in [1.54, 1.807) is 0 Å². The monoisotopic (exact) mass is 260 g/mol. The molecule has 0 saturated heterocycles. The Balaban J connectivity index is 2.56. The van der Waals surface area contributed by atoms with Crippen molar-refractivity contribution in [3.8, 4) is 6.07 Å². The van der Waals surface area contributed by atoms with E-state index in [4.69, 9.17) is 5.73 Å². The van der Waals surface area contributed by atoms with Crippen molar-refractivity contribution in [2.24, 2.45) is 5.73 Å². The molecule has 1 aromatic rings. The third kappa shape index (κ3) is 4.99. The molecular weight excluding hydrogens is 236 g/mol. The molecule has 0 aliphatic carbocycles. The van der Waals surface area contributed by atoms with Gasteiger partial charge in [0.15, 0.2) is 0 Å². The van der Waals surface area contributed by atoms with E-state index in [1.165, 1.54) is 0 Å². The van der Waals surface area contributed by atoms with Gasteiger partial charge in [-0.1, -0.05) is 30.3 Å². The van der Waals surface area contributed by atoms with Crippen molar-refractivity contribution in [2.75, 3.05) is 40.8 Å². The summed E-state index contributed by atoms with van der Waals surface area (Å²) in [5.41, 5.74) is 6.22. The predicted octanol–water partition coefficient (Wildman–Crippen LogP) is 1.25. The molecule has 4 heteroatoms. The summed E-state index contributed by atoms with van der Waals surface area (Å²) in [6.45, 7) is 2.79. The second kappa shape index (κ2) is 7.25. The van der Waals surface area contributed by atoms with Crippen LogP contribution in [-0.2, 0) is 5.54 Å². The third-order valence-corrected chi connectivity index (χ3v) is 3.31. The van der Waals surface area contributed by atoms with E-state index in [0.717, 1.165) is 25.2 Å². The highest BCUT2D eigenvalue weighted by Gasteiger charge is 2.26. The Kier molecular flexibility index (Phi) is 5.97. The summed E-state index contributed by atoms with van der Waals surface area (Å²) in [7, 11) is 6.17. The Labute approximate surface area is 116 Å². The number of hydrogen-bond acceptors (Lipinski definition) is 4. The van der Waals surface area contributed by atoms with E-state index in [2.05, 4.69) is 37.0 Å². The topological polar surface area (TPSA) is 56.3 Å². The van der Waals surface area contributed by atoms with Gasteiger partial charge in [-0.25, -0.2) is 0 Å². The molecule has 4 nitrogen and oxygen atoms in total. The molecule has 0 aromatic heterocycles. The fraction of sp³-hybridized carbons (Fsp3) is 0.533. The molecule has 0 radical (unpaired) electrons. The molecule has 0 bridgehead atoms. The van der Waals surface area contributed by atoms with E-state index in [-0.39, 0.29) is 0 Å². The van der Waals surface area contributed by atoms with Gasteiger partial charge in [0.2, 0.25) is 0 Å². The first-order valence-corrected chi connectivity index (χ1v) is 6.57. The zero-order chi connectivity index (χ0) is 14.3. The Morgan fingerprint density at radius 3 is 2.26 bits per heavy atom. The number of nitrogens with zero attached hydrogens (tertiary/aromatic N) is 3. The standard InChI is InChI=1S/C15H24N4/c1-18(2)11-12-19(3)10-9-15(17,13-16)14-7-5-4-6-8-14/h4-8H,9-12,17H2,1-3H3. The molecule has 0 fully saturated rings. The lowest BCUT2D eigenvalue weighted by atomic mass is 9.89. The summed E-state index contributed by atoms with van der Waals surface area (Å²) < 4.78 is 0. The lowest BCUT2D eigenvalue weighted by Crippen LogP contribution is -2.39. The van der Waals surface area contributed by atoms with E-state index in [1.807, 2.05) is 30.3 Å². The molecule has 1 aromatic carbocycles. The summed E-state index contributed by atoms with van der Waals surface area (Å²) >= 11 is 0. The van der Waals surface area contributed by atoms with Gasteiger partial charge in [-0.05, 0) is 33.1 Å². The minimum absolute atomic E-state index is 0.636. The molecule has 1 atom stereocenters. The highest BCUT2D eigenvalue weighted by molar-refractivity contribution is 5.30. The Morgan fingerprint density at radius 2 is 1.74 bits per heavy atom. The molecular formula is C15H24N4. The van der Waals surface area contributed by atoms with Crippen LogP contribution < -0.4 is 5.73 Å². The van der Waals surface area contributed by atoms with Gasteiger partial charge < -0.3 is 15.5 Å². The maximum Gasteiger partial charge on any atom is 0.131 e. The number of nitrogens with two attached hydrogens (primary N) is 1. The highest BCUT2D eigenvalue weighted by Crippen LogP contribution is 2.21. The molecule has 19 heavy (non-hydrogen) atoms. The van der Waals surface area contributed by atoms with Gasteiger partial charge in [-0.2, -0.15) is 5.26 Å². The minimum Gasteiger partial charge on any atom is -0.310 e. The normalized spacial score (nSPS) is 14.4. The summed E-state index contributed by atoms with van der Waals surface area (Å²) in [5.74, 6) is 0. The minimum atomic E-state index is -0.895. The largest absolute Gasteiger partial charge is 0.310 e. The van der Waals surface area contributed by atoms with Crippen LogP contribution in [0.1, 0.15) is 12.0 Å². The smallest absolute Gasteiger partial charge is 0.131 e. The number of nitriles is 1. The summed E-state index contributed by atoms with van der Waals surface area (Å²) in [6.07, 6.45) is 0.636. The fourth-order valence-electron chi connectivity index (χ4n) is 1.85. The average Bonchev–Trinajstić information content (AvgIpc) is 2.43. The summed E-state index contributed by atoms with van der Waals surface area (Å²) in [4.78, 5) is 4.36. The first-order valence-electron chi connectivity index (χ1n) is 6.57. The SMILES string of the molecule is CN(C)CCN(C)CCC(N)(C#N)c1ccccc1. The van der Waals surface area contributed by atoms with E-state index >= 15 is 0 Å². The van der Waals surface area contributed by atoms with Crippen molar-refractivity contribution in [1.29, 1.82) is 5.26 Å². The van der Waals surface area contributed by atoms with Gasteiger partial charge >= 0.3 is 0 Å². The van der Waals surface area contributed by atoms with Gasteiger partial charge in [-0.3, -0.25) is 0 Å². The van der Waals surface area contributed by atoms with E-state index < -0.39 is 5.54 Å². The van der Waals surface area contributed by atoms with Crippen LogP contribution in [0.2, 0.25) is 0 Å². The van der Waals surface area contributed by atoms with Crippen LogP contribution in [0.25, 0.3) is 0 Å². The second-order valence-electron chi connectivity index (χ2n) is 5.31. The molecule has 0 aliphatic rings. The van der Waals surface area contributed by atoms with Crippen molar-refractivity contribution in [1.82, 2.24) is 9.80 Å². The van der Waals surface area contributed by atoms with Gasteiger partial charge in [0, 0.05) is 19.6 Å². The second-order valence-corrected chi connectivity index (χ2v) is 5.31. The lowest BCUT2D eigenvalue weighted by Gasteiger charge is -2.26. The summed E-state index contributed by atoms with van der Waals surface area (Å²) in [6, 6.07) is 11.9. The summed E-state index contributed by atoms with van der Waals surface area (Å²) in [5, 5.41) is 9.37. The molecule has 0 heterocycles. The highest BCUT2D eigenvalue weighted by atomic mass is 15.1. The van der Waals surface area contributed by atoms with Crippen LogP contribution in [0.15, 0.2) is 30.3 Å². The van der Waals surface area contributed by atoms with Crippen LogP contribution in [-0.4, -0.2) is 50.6 Å². The Bertz CT molecular complexity index is 410. The number of rotatable bonds is 7. The maximum absolute atomic E-state index is 9.37. The predicted molar refractivity (Wildman–Crippen MR) is 78.6 cm³/mol. The van der Waals surface area contributed by atoms with Gasteiger partial charge in [0.05, 0.1) is 6.07 Å². The average molecular weight is 260 g/mol. The maximum atomic E-state index is 9.37. The molecule has 2 N–H and O–H groups in total. The van der Waals surface area contributed by atoms with Crippen LogP contribution in [0.4, 0.5) is 0 Å². The van der Waals surface area contributed by atoms with Gasteiger partial charge in [0.25, 0.3) is 0 Å². The first-order chi connectivity index (χ1) is 8.98. The van der Waals surface area contributed by atoms with Crippen molar-refractivity contribution in [3.05, 3.63) is 35.9 Å². The third-order valence-electron chi connectivity index (χ3n) is 3.31. The van der Waals surface area contributed by atoms with Crippen molar-refractivity contribution >= 4 is 0 Å². The molecule has 104 valence electrons. The van der Waals surface area contributed by atoms with Crippen LogP contribution in [0.5, 0.6) is 0 Å². The van der Waals surface area contributed by atoms with Crippen LogP contribution >= 0.6 is 0 Å². The number of hydrogen-bond donors (Lipinski definition) is 1. The lowest BCUT2D eigenvalue weighted by molar-refractivity contribution is 0.265. The number of benzene rings is 1. The molecule has 1 rings (SSSR count).